The molecule has 3 aromatic rings. The summed E-state index contributed by atoms with van der Waals surface area (Å²) in [4.78, 5) is 21.0. The second-order valence-corrected chi connectivity index (χ2v) is 4.82. The molecule has 1 aromatic heterocycles. The fraction of sp³-hybridized carbons (Fsp3) is 0.118. The van der Waals surface area contributed by atoms with Crippen LogP contribution in [0.25, 0.3) is 11.0 Å². The first-order valence-corrected chi connectivity index (χ1v) is 6.53. The Hall–Kier alpha value is -2.55. The molecule has 98 valence electrons. The molecule has 3 nitrogen and oxygen atoms in total. The van der Waals surface area contributed by atoms with Crippen molar-refractivity contribution in [3.8, 4) is 0 Å². The molecule has 0 radical (unpaired) electrons. The van der Waals surface area contributed by atoms with Crippen LogP contribution in [0.5, 0.6) is 0 Å². The third kappa shape index (κ3) is 2.57. The SMILES string of the molecule is Cc1cccc(C(=O)Cc2cnc3ccccc3n2)c1. The van der Waals surface area contributed by atoms with Gasteiger partial charge in [0, 0.05) is 11.8 Å². The van der Waals surface area contributed by atoms with E-state index >= 15 is 0 Å². The van der Waals surface area contributed by atoms with Crippen LogP contribution in [-0.4, -0.2) is 15.8 Å². The van der Waals surface area contributed by atoms with Gasteiger partial charge in [0.1, 0.15) is 0 Å². The number of fused-ring (bicyclic) bond motifs is 1. The molecule has 0 aliphatic rings. The van der Waals surface area contributed by atoms with E-state index in [2.05, 4.69) is 9.97 Å². The molecule has 0 bridgehead atoms. The van der Waals surface area contributed by atoms with E-state index in [1.165, 1.54) is 0 Å². The third-order valence-electron chi connectivity index (χ3n) is 3.18. The smallest absolute Gasteiger partial charge is 0.168 e. The van der Waals surface area contributed by atoms with Gasteiger partial charge in [0.2, 0.25) is 0 Å². The fourth-order valence-corrected chi connectivity index (χ4v) is 2.17. The highest BCUT2D eigenvalue weighted by atomic mass is 16.1. The van der Waals surface area contributed by atoms with Gasteiger partial charge in [-0.1, -0.05) is 35.9 Å². The Labute approximate surface area is 117 Å². The second-order valence-electron chi connectivity index (χ2n) is 4.82. The molecule has 0 spiro atoms. The van der Waals surface area contributed by atoms with Crippen molar-refractivity contribution < 1.29 is 4.79 Å². The van der Waals surface area contributed by atoms with Gasteiger partial charge in [-0.2, -0.15) is 0 Å². The lowest BCUT2D eigenvalue weighted by Crippen LogP contribution is -2.06. The Morgan fingerprint density at radius 3 is 2.65 bits per heavy atom. The van der Waals surface area contributed by atoms with Crippen molar-refractivity contribution in [1.29, 1.82) is 0 Å². The maximum absolute atomic E-state index is 12.2. The van der Waals surface area contributed by atoms with Crippen molar-refractivity contribution in [2.45, 2.75) is 13.3 Å². The van der Waals surface area contributed by atoms with Gasteiger partial charge >= 0.3 is 0 Å². The molecular formula is C17H14N2O. The first kappa shape index (κ1) is 12.5. The average molecular weight is 262 g/mol. The molecule has 0 aliphatic heterocycles. The molecule has 0 saturated heterocycles. The van der Waals surface area contributed by atoms with Crippen LogP contribution in [0.15, 0.2) is 54.7 Å². The van der Waals surface area contributed by atoms with Gasteiger partial charge in [-0.05, 0) is 25.1 Å². The van der Waals surface area contributed by atoms with Crippen molar-refractivity contribution in [2.75, 3.05) is 0 Å². The third-order valence-corrected chi connectivity index (χ3v) is 3.18. The Bertz CT molecular complexity index is 781. The van der Waals surface area contributed by atoms with Crippen LogP contribution >= 0.6 is 0 Å². The number of carbonyl (C=O) groups excluding carboxylic acids is 1. The van der Waals surface area contributed by atoms with Crippen LogP contribution in [0.4, 0.5) is 0 Å². The molecule has 3 heteroatoms. The van der Waals surface area contributed by atoms with E-state index in [-0.39, 0.29) is 12.2 Å². The lowest BCUT2D eigenvalue weighted by molar-refractivity contribution is 0.0992. The van der Waals surface area contributed by atoms with Gasteiger partial charge in [-0.25, -0.2) is 4.98 Å². The molecule has 1 heterocycles. The zero-order valence-corrected chi connectivity index (χ0v) is 11.2. The zero-order chi connectivity index (χ0) is 13.9. The summed E-state index contributed by atoms with van der Waals surface area (Å²) in [5.41, 5.74) is 4.18. The second kappa shape index (κ2) is 5.21. The molecule has 0 amide bonds. The Morgan fingerprint density at radius 1 is 1.05 bits per heavy atom. The highest BCUT2D eigenvalue weighted by Crippen LogP contribution is 2.11. The highest BCUT2D eigenvalue weighted by molar-refractivity contribution is 5.97. The molecule has 0 N–H and O–H groups in total. The summed E-state index contributed by atoms with van der Waals surface area (Å²) in [5, 5.41) is 0. The monoisotopic (exact) mass is 262 g/mol. The topological polar surface area (TPSA) is 42.9 Å². The fourth-order valence-electron chi connectivity index (χ4n) is 2.17. The summed E-state index contributed by atoms with van der Waals surface area (Å²) in [6.45, 7) is 1.98. The minimum Gasteiger partial charge on any atom is -0.294 e. The number of hydrogen-bond donors (Lipinski definition) is 0. The average Bonchev–Trinajstić information content (AvgIpc) is 2.47. The maximum atomic E-state index is 12.2. The number of para-hydroxylation sites is 2. The Kier molecular flexibility index (Phi) is 3.25. The van der Waals surface area contributed by atoms with E-state index < -0.39 is 0 Å². The quantitative estimate of drug-likeness (QED) is 0.680. The standard InChI is InChI=1S/C17H14N2O/c1-12-5-4-6-13(9-12)17(20)10-14-11-18-15-7-2-3-8-16(15)19-14/h2-9,11H,10H2,1H3. The number of aryl methyl sites for hydroxylation is 1. The molecule has 0 unspecified atom stereocenters. The van der Waals surface area contributed by atoms with Gasteiger partial charge in [0.05, 0.1) is 23.1 Å². The van der Waals surface area contributed by atoms with E-state index in [1.54, 1.807) is 6.20 Å². The van der Waals surface area contributed by atoms with Gasteiger partial charge in [0.15, 0.2) is 5.78 Å². The number of aromatic nitrogens is 2. The molecule has 2 aromatic carbocycles. The number of rotatable bonds is 3. The predicted octanol–water partition coefficient (Wildman–Crippen LogP) is 3.36. The van der Waals surface area contributed by atoms with Gasteiger partial charge < -0.3 is 0 Å². The predicted molar refractivity (Wildman–Crippen MR) is 78.8 cm³/mol. The number of nitrogens with zero attached hydrogens (tertiary/aromatic N) is 2. The van der Waals surface area contributed by atoms with Crippen molar-refractivity contribution in [3.05, 3.63) is 71.5 Å². The van der Waals surface area contributed by atoms with Crippen LogP contribution in [0.2, 0.25) is 0 Å². The maximum Gasteiger partial charge on any atom is 0.168 e. The molecule has 0 atom stereocenters. The summed E-state index contributed by atoms with van der Waals surface area (Å²) >= 11 is 0. The van der Waals surface area contributed by atoms with Crippen molar-refractivity contribution in [1.82, 2.24) is 9.97 Å². The molecule has 3 rings (SSSR count). The van der Waals surface area contributed by atoms with E-state index in [4.69, 9.17) is 0 Å². The molecule has 0 aliphatic carbocycles. The van der Waals surface area contributed by atoms with E-state index in [0.717, 1.165) is 22.2 Å². The summed E-state index contributed by atoms with van der Waals surface area (Å²) in [6, 6.07) is 15.3. The van der Waals surface area contributed by atoms with Crippen molar-refractivity contribution in [3.63, 3.8) is 0 Å². The van der Waals surface area contributed by atoms with E-state index in [0.29, 0.717) is 5.69 Å². The number of ketones is 1. The summed E-state index contributed by atoms with van der Waals surface area (Å²) in [7, 11) is 0. The minimum atomic E-state index is 0.0679. The van der Waals surface area contributed by atoms with Crippen molar-refractivity contribution >= 4 is 16.8 Å². The molecule has 0 saturated carbocycles. The van der Waals surface area contributed by atoms with Gasteiger partial charge in [-0.15, -0.1) is 0 Å². The molecule has 0 fully saturated rings. The number of carbonyl (C=O) groups is 1. The lowest BCUT2D eigenvalue weighted by Gasteiger charge is -2.03. The molecule has 20 heavy (non-hydrogen) atoms. The minimum absolute atomic E-state index is 0.0679. The van der Waals surface area contributed by atoms with Crippen LogP contribution in [-0.2, 0) is 6.42 Å². The summed E-state index contributed by atoms with van der Waals surface area (Å²) in [6.07, 6.45) is 1.96. The number of benzene rings is 2. The number of hydrogen-bond acceptors (Lipinski definition) is 3. The Balaban J connectivity index is 1.87. The molecular weight excluding hydrogens is 248 g/mol. The first-order chi connectivity index (χ1) is 9.72. The van der Waals surface area contributed by atoms with Crippen LogP contribution in [0.1, 0.15) is 21.6 Å². The summed E-state index contributed by atoms with van der Waals surface area (Å²) in [5.74, 6) is 0.0679. The Morgan fingerprint density at radius 2 is 1.85 bits per heavy atom. The largest absolute Gasteiger partial charge is 0.294 e. The van der Waals surface area contributed by atoms with Crippen LogP contribution in [0, 0.1) is 6.92 Å². The van der Waals surface area contributed by atoms with Crippen LogP contribution in [0.3, 0.4) is 0 Å². The van der Waals surface area contributed by atoms with Crippen LogP contribution < -0.4 is 0 Å². The number of Topliss-reactive ketones (excluding diaryl/α,β-unsaturated/α-hetero) is 1. The van der Waals surface area contributed by atoms with E-state index in [9.17, 15) is 4.79 Å². The lowest BCUT2D eigenvalue weighted by atomic mass is 10.0. The van der Waals surface area contributed by atoms with E-state index in [1.807, 2.05) is 55.5 Å². The van der Waals surface area contributed by atoms with Gasteiger partial charge in [0.25, 0.3) is 0 Å². The highest BCUT2D eigenvalue weighted by Gasteiger charge is 2.09. The first-order valence-electron chi connectivity index (χ1n) is 6.53. The van der Waals surface area contributed by atoms with Crippen molar-refractivity contribution in [2.24, 2.45) is 0 Å². The van der Waals surface area contributed by atoms with Gasteiger partial charge in [-0.3, -0.25) is 9.78 Å². The summed E-state index contributed by atoms with van der Waals surface area (Å²) < 4.78 is 0. The normalized spacial score (nSPS) is 10.7. The zero-order valence-electron chi connectivity index (χ0n) is 11.2.